The fraction of sp³-hybridized carbons (Fsp3) is 0.444. The van der Waals surface area contributed by atoms with Crippen molar-refractivity contribution in [3.8, 4) is 40.1 Å². The van der Waals surface area contributed by atoms with Gasteiger partial charge in [0, 0.05) is 17.7 Å². The van der Waals surface area contributed by atoms with E-state index in [0.717, 1.165) is 24.3 Å². The van der Waals surface area contributed by atoms with Crippen LogP contribution in [0, 0.1) is 0 Å². The highest BCUT2D eigenvalue weighted by atomic mass is 16.7. The second-order valence-corrected chi connectivity index (χ2v) is 10.2. The lowest BCUT2D eigenvalue weighted by molar-refractivity contribution is -0.268. The van der Waals surface area contributed by atoms with Crippen molar-refractivity contribution in [3.05, 3.63) is 40.6 Å². The molecule has 0 radical (unpaired) electrons. The average molecular weight is 595 g/mol. The second kappa shape index (κ2) is 11.2. The predicted molar refractivity (Wildman–Crippen MR) is 139 cm³/mol. The molecule has 15 nitrogen and oxygen atoms in total. The average Bonchev–Trinajstić information content (AvgIpc) is 2.94. The summed E-state index contributed by atoms with van der Waals surface area (Å²) in [4.78, 5) is 13.7. The van der Waals surface area contributed by atoms with Crippen LogP contribution in [0.4, 0.5) is 0 Å². The van der Waals surface area contributed by atoms with Crippen LogP contribution < -0.4 is 14.9 Å². The molecule has 3 aromatic rings. The Bertz CT molecular complexity index is 1520. The third kappa shape index (κ3) is 5.21. The molecule has 10 atom stereocenters. The molecule has 0 bridgehead atoms. The van der Waals surface area contributed by atoms with Crippen molar-refractivity contribution in [1.29, 1.82) is 0 Å². The van der Waals surface area contributed by atoms with E-state index in [1.807, 2.05) is 0 Å². The van der Waals surface area contributed by atoms with Crippen LogP contribution in [0.15, 0.2) is 39.5 Å². The Morgan fingerprint density at radius 2 is 1.24 bits per heavy atom. The topological polar surface area (TPSA) is 249 Å². The van der Waals surface area contributed by atoms with Gasteiger partial charge in [-0.05, 0) is 32.0 Å². The van der Waals surface area contributed by atoms with E-state index < -0.39 is 95.2 Å². The molecule has 1 aromatic heterocycles. The van der Waals surface area contributed by atoms with E-state index in [9.17, 15) is 50.8 Å². The number of phenolic OH excluding ortho intramolecular Hbond substituents is 3. The fourth-order valence-corrected chi connectivity index (χ4v) is 4.76. The van der Waals surface area contributed by atoms with Crippen LogP contribution in [-0.2, 0) is 9.47 Å². The van der Waals surface area contributed by atoms with Crippen LogP contribution in [0.2, 0.25) is 0 Å². The van der Waals surface area contributed by atoms with Gasteiger partial charge in [0.05, 0.1) is 12.2 Å². The smallest absolute Gasteiger partial charge is 0.239 e. The predicted octanol–water partition coefficient (Wildman–Crippen LogP) is -1.01. The van der Waals surface area contributed by atoms with Gasteiger partial charge in [0.15, 0.2) is 17.3 Å². The van der Waals surface area contributed by atoms with Gasteiger partial charge in [0.2, 0.25) is 23.8 Å². The molecule has 0 spiro atoms. The van der Waals surface area contributed by atoms with E-state index in [4.69, 9.17) is 23.4 Å². The third-order valence-corrected chi connectivity index (χ3v) is 7.25. The van der Waals surface area contributed by atoms with E-state index in [1.165, 1.54) is 19.9 Å². The van der Waals surface area contributed by atoms with Gasteiger partial charge in [-0.25, -0.2) is 0 Å². The molecule has 0 amide bonds. The van der Waals surface area contributed by atoms with Gasteiger partial charge in [-0.3, -0.25) is 4.79 Å². The molecule has 2 saturated heterocycles. The normalized spacial score (nSPS) is 33.4. The number of hydrogen-bond acceptors (Lipinski definition) is 15. The largest absolute Gasteiger partial charge is 0.507 e. The molecule has 15 heteroatoms. The second-order valence-electron chi connectivity index (χ2n) is 10.2. The Kier molecular flexibility index (Phi) is 7.95. The Balaban J connectivity index is 1.61. The number of aliphatic hydroxyl groups is 6. The number of phenols is 3. The van der Waals surface area contributed by atoms with E-state index in [-0.39, 0.29) is 22.7 Å². The first-order chi connectivity index (χ1) is 19.8. The minimum atomic E-state index is -1.81. The van der Waals surface area contributed by atoms with Gasteiger partial charge in [-0.2, -0.15) is 0 Å². The Morgan fingerprint density at radius 3 is 1.81 bits per heavy atom. The minimum absolute atomic E-state index is 0.000938. The summed E-state index contributed by atoms with van der Waals surface area (Å²) in [5.41, 5.74) is -1.26. The van der Waals surface area contributed by atoms with Crippen LogP contribution in [0.5, 0.6) is 28.7 Å². The molecular formula is C27H30O15. The summed E-state index contributed by atoms with van der Waals surface area (Å²) < 4.78 is 28.0. The van der Waals surface area contributed by atoms with Crippen molar-refractivity contribution in [3.63, 3.8) is 0 Å². The van der Waals surface area contributed by atoms with E-state index in [1.54, 1.807) is 0 Å². The first kappa shape index (κ1) is 29.8. The molecule has 2 aliphatic heterocycles. The first-order valence-corrected chi connectivity index (χ1v) is 12.9. The van der Waals surface area contributed by atoms with Gasteiger partial charge < -0.3 is 69.3 Å². The van der Waals surface area contributed by atoms with Gasteiger partial charge in [0.25, 0.3) is 0 Å². The number of aromatic hydroxyl groups is 3. The van der Waals surface area contributed by atoms with Crippen molar-refractivity contribution in [2.75, 3.05) is 0 Å². The number of aliphatic hydroxyl groups excluding tert-OH is 6. The molecule has 9 N–H and O–H groups in total. The standard InChI is InChI=1S/C27H30O15/c1-8-17(31)20(34)22(36)26(38-8)40-11-6-14(30)16-15(7-11)41-24(10-3-4-12(28)13(29)5-10)25(19(16)33)42-27-23(37)21(35)18(32)9(2)39-27/h3-9,17-18,20-23,26-32,34-37H,1-2H3/t8-,9-,17-,18-,20+,21+,22+,23+,26-,27-/m0/s1. The molecule has 0 aliphatic carbocycles. The lowest BCUT2D eigenvalue weighted by Gasteiger charge is -2.39. The number of fused-ring (bicyclic) bond motifs is 1. The van der Waals surface area contributed by atoms with Crippen molar-refractivity contribution in [1.82, 2.24) is 0 Å². The summed E-state index contributed by atoms with van der Waals surface area (Å²) in [6, 6.07) is 5.59. The molecular weight excluding hydrogens is 564 g/mol. The summed E-state index contributed by atoms with van der Waals surface area (Å²) in [7, 11) is 0. The van der Waals surface area contributed by atoms with E-state index >= 15 is 0 Å². The Morgan fingerprint density at radius 1 is 0.667 bits per heavy atom. The molecule has 42 heavy (non-hydrogen) atoms. The lowest BCUT2D eigenvalue weighted by Crippen LogP contribution is -2.58. The maximum atomic E-state index is 13.7. The quantitative estimate of drug-likeness (QED) is 0.161. The Labute approximate surface area is 236 Å². The van der Waals surface area contributed by atoms with Crippen LogP contribution in [0.1, 0.15) is 13.8 Å². The highest BCUT2D eigenvalue weighted by molar-refractivity contribution is 5.88. The SMILES string of the molecule is C[C@@H]1O[C@@H](Oc2cc(O)c3c(=O)c(O[C@@H]4O[C@@H](C)[C@H](O)[C@@H](O)[C@H]4O)c(-c4ccc(O)c(O)c4)oc3c2)[C@H](O)[C@H](O)[C@H]1O. The number of hydrogen-bond donors (Lipinski definition) is 9. The molecule has 0 saturated carbocycles. The summed E-state index contributed by atoms with van der Waals surface area (Å²) in [6.45, 7) is 2.85. The molecule has 5 rings (SSSR count). The van der Waals surface area contributed by atoms with Crippen LogP contribution in [0.3, 0.4) is 0 Å². The highest BCUT2D eigenvalue weighted by Gasteiger charge is 2.45. The highest BCUT2D eigenvalue weighted by Crippen LogP contribution is 2.40. The van der Waals surface area contributed by atoms with Crippen molar-refractivity contribution in [2.45, 2.75) is 75.3 Å². The zero-order chi connectivity index (χ0) is 30.6. The number of rotatable bonds is 5. The zero-order valence-electron chi connectivity index (χ0n) is 22.1. The zero-order valence-corrected chi connectivity index (χ0v) is 22.1. The van der Waals surface area contributed by atoms with Crippen molar-refractivity contribution in [2.24, 2.45) is 0 Å². The van der Waals surface area contributed by atoms with Crippen LogP contribution >= 0.6 is 0 Å². The minimum Gasteiger partial charge on any atom is -0.507 e. The lowest BCUT2D eigenvalue weighted by atomic mass is 10.00. The van der Waals surface area contributed by atoms with E-state index in [2.05, 4.69) is 0 Å². The summed E-state index contributed by atoms with van der Waals surface area (Å²) in [6.07, 6.45) is -14.7. The van der Waals surface area contributed by atoms with Gasteiger partial charge in [0.1, 0.15) is 59.1 Å². The molecule has 228 valence electrons. The monoisotopic (exact) mass is 594 g/mol. The first-order valence-electron chi connectivity index (χ1n) is 12.9. The number of ether oxygens (including phenoxy) is 4. The van der Waals surface area contributed by atoms with Gasteiger partial charge >= 0.3 is 0 Å². The van der Waals surface area contributed by atoms with Crippen LogP contribution in [0.25, 0.3) is 22.3 Å². The summed E-state index contributed by atoms with van der Waals surface area (Å²) >= 11 is 0. The maximum Gasteiger partial charge on any atom is 0.239 e. The third-order valence-electron chi connectivity index (χ3n) is 7.25. The van der Waals surface area contributed by atoms with E-state index in [0.29, 0.717) is 0 Å². The van der Waals surface area contributed by atoms with Crippen molar-refractivity contribution >= 4 is 11.0 Å². The fourth-order valence-electron chi connectivity index (χ4n) is 4.76. The molecule has 2 aromatic carbocycles. The molecule has 3 heterocycles. The van der Waals surface area contributed by atoms with Gasteiger partial charge in [-0.15, -0.1) is 0 Å². The summed E-state index contributed by atoms with van der Waals surface area (Å²) in [5.74, 6) is -2.89. The van der Waals surface area contributed by atoms with Crippen LogP contribution in [-0.4, -0.2) is 107 Å². The van der Waals surface area contributed by atoms with Crippen molar-refractivity contribution < 1.29 is 69.3 Å². The molecule has 2 aliphatic rings. The van der Waals surface area contributed by atoms with Gasteiger partial charge in [-0.1, -0.05) is 0 Å². The Hall–Kier alpha value is -3.67. The molecule has 0 unspecified atom stereocenters. The summed E-state index contributed by atoms with van der Waals surface area (Å²) in [5, 5.41) is 91.2. The number of benzene rings is 2. The maximum absolute atomic E-state index is 13.7. The molecule has 2 fully saturated rings.